The maximum atomic E-state index is 11.9. The highest BCUT2D eigenvalue weighted by atomic mass is 127. The maximum Gasteiger partial charge on any atom is 0.226 e. The van der Waals surface area contributed by atoms with E-state index in [9.17, 15) is 4.79 Å². The van der Waals surface area contributed by atoms with Crippen molar-refractivity contribution in [2.24, 2.45) is 5.92 Å². The summed E-state index contributed by atoms with van der Waals surface area (Å²) in [4.78, 5) is 11.9. The summed E-state index contributed by atoms with van der Waals surface area (Å²) in [7, 11) is 0. The largest absolute Gasteiger partial charge is 0.332 e. The van der Waals surface area contributed by atoms with Gasteiger partial charge in [-0.05, 0) is 71.4 Å². The average molecular weight is 416 g/mol. The van der Waals surface area contributed by atoms with E-state index in [-0.39, 0.29) is 5.91 Å². The van der Waals surface area contributed by atoms with Gasteiger partial charge in [-0.2, -0.15) is 0 Å². The highest BCUT2D eigenvalue weighted by Crippen LogP contribution is 2.27. The van der Waals surface area contributed by atoms with Gasteiger partial charge in [0, 0.05) is 15.7 Å². The minimum absolute atomic E-state index is 0.0172. The molecule has 5 heteroatoms. The number of thiocarbonyl (C=S) groups is 1. The molecule has 3 nitrogen and oxygen atoms in total. The third kappa shape index (κ3) is 6.30. The first-order valence-corrected chi connectivity index (χ1v) is 8.98. The van der Waals surface area contributed by atoms with Crippen molar-refractivity contribution < 1.29 is 4.79 Å². The van der Waals surface area contributed by atoms with Crippen molar-refractivity contribution in [1.29, 1.82) is 0 Å². The van der Waals surface area contributed by atoms with Crippen LogP contribution in [0.2, 0.25) is 0 Å². The molecule has 0 atom stereocenters. The summed E-state index contributed by atoms with van der Waals surface area (Å²) >= 11 is 7.42. The van der Waals surface area contributed by atoms with Gasteiger partial charge in [0.05, 0.1) is 0 Å². The van der Waals surface area contributed by atoms with Gasteiger partial charge in [-0.25, -0.2) is 0 Å². The van der Waals surface area contributed by atoms with Gasteiger partial charge in [0.15, 0.2) is 5.11 Å². The van der Waals surface area contributed by atoms with Crippen molar-refractivity contribution in [2.45, 2.75) is 44.9 Å². The van der Waals surface area contributed by atoms with Crippen LogP contribution in [0.5, 0.6) is 0 Å². The fourth-order valence-corrected chi connectivity index (χ4v) is 3.29. The van der Waals surface area contributed by atoms with Crippen molar-refractivity contribution in [3.8, 4) is 0 Å². The molecule has 0 spiro atoms. The summed E-state index contributed by atoms with van der Waals surface area (Å²) < 4.78 is 1.17. The summed E-state index contributed by atoms with van der Waals surface area (Å²) in [5.41, 5.74) is 0.896. The highest BCUT2D eigenvalue weighted by molar-refractivity contribution is 14.1. The van der Waals surface area contributed by atoms with Crippen LogP contribution in [0.3, 0.4) is 0 Å². The van der Waals surface area contributed by atoms with E-state index in [1.165, 1.54) is 35.7 Å². The average Bonchev–Trinajstić information content (AvgIpc) is 2.48. The van der Waals surface area contributed by atoms with E-state index in [1.807, 2.05) is 24.3 Å². The third-order valence-corrected chi connectivity index (χ3v) is 4.78. The van der Waals surface area contributed by atoms with E-state index in [1.54, 1.807) is 0 Å². The zero-order valence-electron chi connectivity index (χ0n) is 12.0. The Morgan fingerprint density at radius 2 is 1.86 bits per heavy atom. The van der Waals surface area contributed by atoms with Gasteiger partial charge in [0.1, 0.15) is 0 Å². The first-order chi connectivity index (χ1) is 10.1. The van der Waals surface area contributed by atoms with Crippen LogP contribution in [-0.2, 0) is 4.79 Å². The van der Waals surface area contributed by atoms with Crippen molar-refractivity contribution in [2.75, 3.05) is 5.32 Å². The van der Waals surface area contributed by atoms with Crippen LogP contribution < -0.4 is 10.6 Å². The number of rotatable bonds is 4. The molecule has 1 fully saturated rings. The fourth-order valence-electron chi connectivity index (χ4n) is 2.70. The Bertz CT molecular complexity index is 484. The molecule has 114 valence electrons. The van der Waals surface area contributed by atoms with Gasteiger partial charge >= 0.3 is 0 Å². The molecule has 0 heterocycles. The number of benzene rings is 1. The second-order valence-electron chi connectivity index (χ2n) is 5.55. The molecule has 0 aliphatic heterocycles. The Kier molecular flexibility index (Phi) is 6.89. The standard InChI is InChI=1S/C16H21IN2OS/c17-13-7-9-14(10-8-13)18-16(21)19-15(20)11-6-12-4-2-1-3-5-12/h7-10,12H,1-6,11H2,(H2,18,19,20,21). The first-order valence-electron chi connectivity index (χ1n) is 7.50. The summed E-state index contributed by atoms with van der Waals surface area (Å²) in [5, 5.41) is 6.18. The molecule has 1 aliphatic carbocycles. The summed E-state index contributed by atoms with van der Waals surface area (Å²) in [5.74, 6) is 0.741. The molecule has 2 N–H and O–H groups in total. The number of halogens is 1. The Labute approximate surface area is 145 Å². The molecule has 2 rings (SSSR count). The summed E-state index contributed by atoms with van der Waals surface area (Å²) in [6.07, 6.45) is 8.10. The van der Waals surface area contributed by atoms with Crippen molar-refractivity contribution in [1.82, 2.24) is 5.32 Å². The Balaban J connectivity index is 1.69. The summed E-state index contributed by atoms with van der Waals surface area (Å²) in [6.45, 7) is 0. The predicted molar refractivity (Wildman–Crippen MR) is 99.3 cm³/mol. The zero-order valence-corrected chi connectivity index (χ0v) is 15.0. The second kappa shape index (κ2) is 8.68. The van der Waals surface area contributed by atoms with Crippen molar-refractivity contribution >= 4 is 51.5 Å². The lowest BCUT2D eigenvalue weighted by Crippen LogP contribution is -2.34. The van der Waals surface area contributed by atoms with Gasteiger partial charge in [0.25, 0.3) is 0 Å². The smallest absolute Gasteiger partial charge is 0.226 e. The molecular formula is C16H21IN2OS. The molecular weight excluding hydrogens is 395 g/mol. The van der Waals surface area contributed by atoms with Gasteiger partial charge in [-0.1, -0.05) is 32.1 Å². The second-order valence-corrected chi connectivity index (χ2v) is 7.21. The van der Waals surface area contributed by atoms with Gasteiger partial charge in [-0.15, -0.1) is 0 Å². The lowest BCUT2D eigenvalue weighted by Gasteiger charge is -2.21. The van der Waals surface area contributed by atoms with Crippen molar-refractivity contribution in [3.63, 3.8) is 0 Å². The van der Waals surface area contributed by atoms with Crippen LogP contribution in [0.25, 0.3) is 0 Å². The van der Waals surface area contributed by atoms with Crippen LogP contribution in [-0.4, -0.2) is 11.0 Å². The topological polar surface area (TPSA) is 41.1 Å². The molecule has 0 bridgehead atoms. The fraction of sp³-hybridized carbons (Fsp3) is 0.500. The summed E-state index contributed by atoms with van der Waals surface area (Å²) in [6, 6.07) is 7.89. The van der Waals surface area contributed by atoms with E-state index < -0.39 is 0 Å². The Morgan fingerprint density at radius 1 is 1.19 bits per heavy atom. The van der Waals surface area contributed by atoms with E-state index in [0.717, 1.165) is 18.0 Å². The number of amides is 1. The minimum Gasteiger partial charge on any atom is -0.332 e. The quantitative estimate of drug-likeness (QED) is 0.563. The van der Waals surface area contributed by atoms with E-state index >= 15 is 0 Å². The number of hydrogen-bond donors (Lipinski definition) is 2. The number of hydrogen-bond acceptors (Lipinski definition) is 2. The molecule has 1 saturated carbocycles. The van der Waals surface area contributed by atoms with Crippen molar-refractivity contribution in [3.05, 3.63) is 27.8 Å². The molecule has 1 aromatic carbocycles. The molecule has 21 heavy (non-hydrogen) atoms. The monoisotopic (exact) mass is 416 g/mol. The van der Waals surface area contributed by atoms with E-state index in [0.29, 0.717) is 11.5 Å². The maximum absolute atomic E-state index is 11.9. The minimum atomic E-state index is 0.0172. The number of nitrogens with one attached hydrogen (secondary N) is 2. The zero-order chi connectivity index (χ0) is 15.1. The van der Waals surface area contributed by atoms with Crippen LogP contribution >= 0.6 is 34.8 Å². The highest BCUT2D eigenvalue weighted by Gasteiger charge is 2.15. The number of carbonyl (C=O) groups excluding carboxylic acids is 1. The molecule has 1 aromatic rings. The normalized spacial score (nSPS) is 15.5. The number of carbonyl (C=O) groups is 1. The lowest BCUT2D eigenvalue weighted by molar-refractivity contribution is -0.120. The van der Waals surface area contributed by atoms with E-state index in [2.05, 4.69) is 33.2 Å². The van der Waals surface area contributed by atoms with Gasteiger partial charge in [0.2, 0.25) is 5.91 Å². The number of anilines is 1. The van der Waals surface area contributed by atoms with Crippen LogP contribution in [0.4, 0.5) is 5.69 Å². The van der Waals surface area contributed by atoms with Crippen LogP contribution in [0.15, 0.2) is 24.3 Å². The lowest BCUT2D eigenvalue weighted by atomic mass is 9.86. The van der Waals surface area contributed by atoms with Crippen LogP contribution in [0, 0.1) is 9.49 Å². The first kappa shape index (κ1) is 16.7. The molecule has 0 aromatic heterocycles. The Hall–Kier alpha value is -0.690. The molecule has 0 unspecified atom stereocenters. The van der Waals surface area contributed by atoms with E-state index in [4.69, 9.17) is 12.2 Å². The SMILES string of the molecule is O=C(CCC1CCCCC1)NC(=S)Nc1ccc(I)cc1. The molecule has 0 saturated heterocycles. The third-order valence-electron chi connectivity index (χ3n) is 3.86. The van der Waals surface area contributed by atoms with Gasteiger partial charge in [-0.3, -0.25) is 4.79 Å². The van der Waals surface area contributed by atoms with Crippen LogP contribution in [0.1, 0.15) is 44.9 Å². The molecule has 1 amide bonds. The van der Waals surface area contributed by atoms with Gasteiger partial charge < -0.3 is 10.6 Å². The molecule has 0 radical (unpaired) electrons. The predicted octanol–water partition coefficient (Wildman–Crippen LogP) is 4.46. The molecule has 1 aliphatic rings. The Morgan fingerprint density at radius 3 is 2.52 bits per heavy atom.